The lowest BCUT2D eigenvalue weighted by Crippen LogP contribution is -2.07. The fourth-order valence-corrected chi connectivity index (χ4v) is 2.87. The molecule has 0 fully saturated rings. The third kappa shape index (κ3) is 3.16. The van der Waals surface area contributed by atoms with Gasteiger partial charge in [-0.25, -0.2) is 0 Å². The monoisotopic (exact) mass is 392 g/mol. The number of halogens is 6. The smallest absolute Gasteiger partial charge is 0.416 e. The number of aromatic nitrogens is 2. The lowest BCUT2D eigenvalue weighted by atomic mass is 10.1. The summed E-state index contributed by atoms with van der Waals surface area (Å²) < 4.78 is 83.9. The molecule has 0 bridgehead atoms. The van der Waals surface area contributed by atoms with Gasteiger partial charge in [0.1, 0.15) is 5.75 Å². The molecule has 3 nitrogen and oxygen atoms in total. The molecule has 0 radical (unpaired) electrons. The Balaban J connectivity index is 2.29. The predicted octanol–water partition coefficient (Wildman–Crippen LogP) is 5.73. The van der Waals surface area contributed by atoms with Gasteiger partial charge in [-0.1, -0.05) is 0 Å². The lowest BCUT2D eigenvalue weighted by molar-refractivity contribution is -0.138. The Morgan fingerprint density at radius 2 is 1.50 bits per heavy atom. The minimum Gasteiger partial charge on any atom is -0.495 e. The molecule has 1 heterocycles. The zero-order valence-corrected chi connectivity index (χ0v) is 13.8. The van der Waals surface area contributed by atoms with E-state index in [0.717, 1.165) is 36.4 Å². The maximum Gasteiger partial charge on any atom is 0.416 e. The highest BCUT2D eigenvalue weighted by Gasteiger charge is 2.32. The summed E-state index contributed by atoms with van der Waals surface area (Å²) in [4.78, 5) is 2.59. The van der Waals surface area contributed by atoms with Gasteiger partial charge in [0.15, 0.2) is 4.77 Å². The van der Waals surface area contributed by atoms with E-state index in [1.54, 1.807) is 0 Å². The molecule has 0 unspecified atom stereocenters. The molecule has 26 heavy (non-hydrogen) atoms. The number of alkyl halides is 6. The Morgan fingerprint density at radius 3 is 2.08 bits per heavy atom. The molecule has 0 amide bonds. The van der Waals surface area contributed by atoms with Gasteiger partial charge in [-0.2, -0.15) is 26.3 Å². The molecule has 3 rings (SSSR count). The average Bonchev–Trinajstić information content (AvgIpc) is 2.87. The summed E-state index contributed by atoms with van der Waals surface area (Å²) in [6.45, 7) is 0. The van der Waals surface area contributed by atoms with Crippen molar-refractivity contribution < 1.29 is 31.1 Å². The maximum atomic E-state index is 13.0. The molecule has 1 N–H and O–H groups in total. The van der Waals surface area contributed by atoms with E-state index in [-0.39, 0.29) is 27.2 Å². The first-order valence-electron chi connectivity index (χ1n) is 7.10. The minimum atomic E-state index is -4.60. The van der Waals surface area contributed by atoms with Gasteiger partial charge in [0.2, 0.25) is 0 Å². The van der Waals surface area contributed by atoms with Crippen LogP contribution in [0, 0.1) is 4.77 Å². The van der Waals surface area contributed by atoms with Crippen molar-refractivity contribution in [1.82, 2.24) is 9.55 Å². The number of aromatic amines is 1. The molecular weight excluding hydrogens is 382 g/mol. The van der Waals surface area contributed by atoms with Crippen LogP contribution in [-0.2, 0) is 12.4 Å². The first kappa shape index (κ1) is 18.3. The van der Waals surface area contributed by atoms with Crippen molar-refractivity contribution in [3.05, 3.63) is 52.3 Å². The Hall–Kier alpha value is -2.49. The molecule has 0 atom stereocenters. The molecule has 0 spiro atoms. The molecule has 1 aromatic heterocycles. The lowest BCUT2D eigenvalue weighted by Gasteiger charge is -2.14. The fourth-order valence-electron chi connectivity index (χ4n) is 2.57. The number of fused-ring (bicyclic) bond motifs is 1. The van der Waals surface area contributed by atoms with E-state index < -0.39 is 23.5 Å². The van der Waals surface area contributed by atoms with Crippen LogP contribution in [0.15, 0.2) is 36.4 Å². The summed E-state index contributed by atoms with van der Waals surface area (Å²) in [6.07, 6.45) is -9.15. The molecule has 138 valence electrons. The topological polar surface area (TPSA) is 29.9 Å². The highest BCUT2D eigenvalue weighted by molar-refractivity contribution is 7.71. The van der Waals surface area contributed by atoms with Crippen molar-refractivity contribution >= 4 is 23.3 Å². The molecule has 0 aliphatic rings. The summed E-state index contributed by atoms with van der Waals surface area (Å²) in [7, 11) is 1.27. The minimum absolute atomic E-state index is 0.0293. The zero-order chi connectivity index (χ0) is 19.3. The van der Waals surface area contributed by atoms with Gasteiger partial charge in [0, 0.05) is 0 Å². The number of hydrogen-bond acceptors (Lipinski definition) is 2. The van der Waals surface area contributed by atoms with Crippen molar-refractivity contribution in [2.24, 2.45) is 0 Å². The van der Waals surface area contributed by atoms with E-state index in [0.29, 0.717) is 0 Å². The SMILES string of the molecule is COc1ccc(C(F)(F)F)cc1-n1c(=S)[nH]c2cc(C(F)(F)F)ccc21. The number of methoxy groups -OCH3 is 1. The van der Waals surface area contributed by atoms with E-state index in [1.165, 1.54) is 11.7 Å². The van der Waals surface area contributed by atoms with E-state index in [2.05, 4.69) is 4.98 Å². The molecule has 0 aliphatic carbocycles. The van der Waals surface area contributed by atoms with Crippen molar-refractivity contribution in [3.63, 3.8) is 0 Å². The second kappa shape index (κ2) is 6.04. The quantitative estimate of drug-likeness (QED) is 0.446. The Morgan fingerprint density at radius 1 is 0.923 bits per heavy atom. The molecule has 10 heteroatoms. The fraction of sp³-hybridized carbons (Fsp3) is 0.188. The number of rotatable bonds is 2. The van der Waals surface area contributed by atoms with Crippen LogP contribution in [0.1, 0.15) is 11.1 Å². The number of nitrogens with one attached hydrogen (secondary N) is 1. The van der Waals surface area contributed by atoms with Crippen molar-refractivity contribution in [2.45, 2.75) is 12.4 Å². The third-order valence-corrected chi connectivity index (χ3v) is 4.04. The van der Waals surface area contributed by atoms with Gasteiger partial charge in [-0.05, 0) is 48.6 Å². The van der Waals surface area contributed by atoms with Gasteiger partial charge >= 0.3 is 12.4 Å². The molecular formula is C16H10F6N2OS. The van der Waals surface area contributed by atoms with Crippen LogP contribution < -0.4 is 4.74 Å². The molecule has 0 saturated carbocycles. The second-order valence-corrected chi connectivity index (χ2v) is 5.77. The number of nitrogens with zero attached hydrogens (tertiary/aromatic N) is 1. The van der Waals surface area contributed by atoms with Crippen LogP contribution in [0.2, 0.25) is 0 Å². The molecule has 3 aromatic rings. The second-order valence-electron chi connectivity index (χ2n) is 5.38. The largest absolute Gasteiger partial charge is 0.495 e. The van der Waals surface area contributed by atoms with Crippen molar-refractivity contribution in [1.29, 1.82) is 0 Å². The number of imidazole rings is 1. The van der Waals surface area contributed by atoms with E-state index in [1.807, 2.05) is 0 Å². The van der Waals surface area contributed by atoms with E-state index in [9.17, 15) is 26.3 Å². The first-order valence-corrected chi connectivity index (χ1v) is 7.51. The van der Waals surface area contributed by atoms with Crippen LogP contribution >= 0.6 is 12.2 Å². The number of hydrogen-bond donors (Lipinski definition) is 1. The van der Waals surface area contributed by atoms with Crippen molar-refractivity contribution in [2.75, 3.05) is 7.11 Å². The summed E-state index contributed by atoms with van der Waals surface area (Å²) in [5, 5.41) is 0. The molecule has 0 aliphatic heterocycles. The highest BCUT2D eigenvalue weighted by atomic mass is 32.1. The summed E-state index contributed by atoms with van der Waals surface area (Å²) >= 11 is 5.11. The van der Waals surface area contributed by atoms with Crippen LogP contribution in [0.5, 0.6) is 5.75 Å². The van der Waals surface area contributed by atoms with Gasteiger partial charge in [-0.15, -0.1) is 0 Å². The zero-order valence-electron chi connectivity index (χ0n) is 13.0. The summed E-state index contributed by atoms with van der Waals surface area (Å²) in [5.41, 5.74) is -1.62. The van der Waals surface area contributed by atoms with Gasteiger partial charge < -0.3 is 9.72 Å². The van der Waals surface area contributed by atoms with Crippen LogP contribution in [0.4, 0.5) is 26.3 Å². The summed E-state index contributed by atoms with van der Waals surface area (Å²) in [5.74, 6) is 0.0925. The Labute approximate surface area is 147 Å². The van der Waals surface area contributed by atoms with E-state index >= 15 is 0 Å². The Bertz CT molecular complexity index is 1030. The van der Waals surface area contributed by atoms with Crippen LogP contribution in [-0.4, -0.2) is 16.7 Å². The predicted molar refractivity (Wildman–Crippen MR) is 85.0 cm³/mol. The number of ether oxygens (including phenoxy) is 1. The van der Waals surface area contributed by atoms with E-state index in [4.69, 9.17) is 17.0 Å². The van der Waals surface area contributed by atoms with Gasteiger partial charge in [0.25, 0.3) is 0 Å². The Kier molecular flexibility index (Phi) is 4.26. The standard InChI is InChI=1S/C16H10F6N2OS/c1-25-13-5-3-9(16(20,21)22)7-12(13)24-11-4-2-8(15(17,18)19)6-10(11)23-14(24)26/h2-7H,1H3,(H,23,26). The molecule has 0 saturated heterocycles. The van der Waals surface area contributed by atoms with Crippen LogP contribution in [0.25, 0.3) is 16.7 Å². The maximum absolute atomic E-state index is 13.0. The normalized spacial score (nSPS) is 12.6. The van der Waals surface area contributed by atoms with Gasteiger partial charge in [-0.3, -0.25) is 4.57 Å². The third-order valence-electron chi connectivity index (χ3n) is 3.76. The van der Waals surface area contributed by atoms with Crippen molar-refractivity contribution in [3.8, 4) is 11.4 Å². The number of benzene rings is 2. The average molecular weight is 392 g/mol. The first-order chi connectivity index (χ1) is 12.0. The highest BCUT2D eigenvalue weighted by Crippen LogP contribution is 2.36. The summed E-state index contributed by atoms with van der Waals surface area (Å²) in [6, 6.07) is 5.64. The number of H-pyrrole nitrogens is 1. The molecule has 2 aromatic carbocycles. The van der Waals surface area contributed by atoms with Gasteiger partial charge in [0.05, 0.1) is 35.0 Å². The van der Waals surface area contributed by atoms with Crippen LogP contribution in [0.3, 0.4) is 0 Å².